The molecule has 0 saturated carbocycles. The van der Waals surface area contributed by atoms with E-state index in [2.05, 4.69) is 57.2 Å². The van der Waals surface area contributed by atoms with Gasteiger partial charge in [0.1, 0.15) is 0 Å². The number of benzene rings is 1. The van der Waals surface area contributed by atoms with E-state index in [4.69, 9.17) is 5.73 Å². The molecule has 2 N–H and O–H groups in total. The molecule has 0 fully saturated rings. The lowest BCUT2D eigenvalue weighted by Crippen LogP contribution is -2.34. The molecular formula is C16H19N. The van der Waals surface area contributed by atoms with Crippen molar-refractivity contribution in [3.8, 4) is 0 Å². The second-order valence-electron chi connectivity index (χ2n) is 6.00. The van der Waals surface area contributed by atoms with Crippen molar-refractivity contribution in [2.24, 2.45) is 5.92 Å². The first-order chi connectivity index (χ1) is 7.98. The summed E-state index contributed by atoms with van der Waals surface area (Å²) in [5.41, 5.74) is 10.1. The smallest absolute Gasteiger partial charge is 0.0355 e. The van der Waals surface area contributed by atoms with Crippen molar-refractivity contribution in [1.82, 2.24) is 0 Å². The molecule has 2 atom stereocenters. The fourth-order valence-electron chi connectivity index (χ4n) is 3.88. The molecule has 1 aromatic carbocycles. The Balaban J connectivity index is 2.36. The van der Waals surface area contributed by atoms with Crippen LogP contribution in [-0.2, 0) is 10.8 Å². The number of hydrogen-bond acceptors (Lipinski definition) is 1. The molecule has 2 aliphatic carbocycles. The topological polar surface area (TPSA) is 26.0 Å². The summed E-state index contributed by atoms with van der Waals surface area (Å²) in [6.45, 7) is 6.94. The van der Waals surface area contributed by atoms with Gasteiger partial charge in [-0.2, -0.15) is 0 Å². The largest absolute Gasteiger partial charge is 0.398 e. The van der Waals surface area contributed by atoms with Gasteiger partial charge in [0.05, 0.1) is 0 Å². The number of hydrogen-bond donors (Lipinski definition) is 1. The number of anilines is 1. The minimum absolute atomic E-state index is 0.100. The first-order valence-corrected chi connectivity index (χ1v) is 6.23. The Morgan fingerprint density at radius 2 is 1.88 bits per heavy atom. The molecule has 3 rings (SSSR count). The maximum Gasteiger partial charge on any atom is 0.0355 e. The number of fused-ring (bicyclic) bond motifs is 3. The third-order valence-corrected chi connectivity index (χ3v) is 4.60. The fraction of sp³-hybridized carbons (Fsp3) is 0.375. The lowest BCUT2D eigenvalue weighted by molar-refractivity contribution is 0.324. The highest BCUT2D eigenvalue weighted by Gasteiger charge is 2.52. The van der Waals surface area contributed by atoms with Crippen LogP contribution in [0.4, 0.5) is 5.69 Å². The minimum Gasteiger partial charge on any atom is -0.398 e. The number of rotatable bonds is 0. The van der Waals surface area contributed by atoms with Crippen LogP contribution in [0.25, 0.3) is 0 Å². The first-order valence-electron chi connectivity index (χ1n) is 6.23. The summed E-state index contributed by atoms with van der Waals surface area (Å²) in [6, 6.07) is 6.33. The van der Waals surface area contributed by atoms with E-state index in [1.54, 1.807) is 0 Å². The maximum atomic E-state index is 6.21. The zero-order chi connectivity index (χ0) is 12.3. The predicted molar refractivity (Wildman–Crippen MR) is 73.0 cm³/mol. The molecule has 0 bridgehead atoms. The van der Waals surface area contributed by atoms with Crippen molar-refractivity contribution < 1.29 is 0 Å². The highest BCUT2D eigenvalue weighted by Crippen LogP contribution is 2.57. The summed E-state index contributed by atoms with van der Waals surface area (Å²) in [5, 5.41) is 0. The van der Waals surface area contributed by atoms with Crippen LogP contribution < -0.4 is 5.73 Å². The van der Waals surface area contributed by atoms with Crippen LogP contribution in [0.2, 0.25) is 0 Å². The van der Waals surface area contributed by atoms with Gasteiger partial charge in [-0.25, -0.2) is 0 Å². The van der Waals surface area contributed by atoms with Gasteiger partial charge in [0.25, 0.3) is 0 Å². The van der Waals surface area contributed by atoms with Gasteiger partial charge in [-0.15, -0.1) is 0 Å². The Bertz CT molecular complexity index is 536. The van der Waals surface area contributed by atoms with Gasteiger partial charge < -0.3 is 5.73 Å². The van der Waals surface area contributed by atoms with E-state index in [-0.39, 0.29) is 10.8 Å². The quantitative estimate of drug-likeness (QED) is 0.671. The zero-order valence-corrected chi connectivity index (χ0v) is 10.7. The van der Waals surface area contributed by atoms with Crippen molar-refractivity contribution in [3.05, 3.63) is 53.6 Å². The monoisotopic (exact) mass is 225 g/mol. The van der Waals surface area contributed by atoms with E-state index < -0.39 is 0 Å². The average molecular weight is 225 g/mol. The molecule has 88 valence electrons. The third kappa shape index (κ3) is 1.14. The Labute approximate surface area is 103 Å². The standard InChI is InChI=1S/C16H19N/c1-15(2)13-9-4-5-10-16(13,3)11-7-6-8-12(17)14(11)15/h4-10,13H,17H2,1-3H3. The lowest BCUT2D eigenvalue weighted by Gasteiger charge is -2.36. The summed E-state index contributed by atoms with van der Waals surface area (Å²) < 4.78 is 0. The molecule has 0 saturated heterocycles. The molecule has 1 nitrogen and oxygen atoms in total. The SMILES string of the molecule is CC1(C)c2c(N)cccc2C2(C)C=CC=CC12. The number of nitrogens with two attached hydrogens (primary N) is 1. The maximum absolute atomic E-state index is 6.21. The Morgan fingerprint density at radius 3 is 2.65 bits per heavy atom. The molecule has 2 unspecified atom stereocenters. The van der Waals surface area contributed by atoms with E-state index in [1.165, 1.54) is 11.1 Å². The first kappa shape index (κ1) is 10.6. The molecule has 0 heterocycles. The normalized spacial score (nSPS) is 32.3. The molecule has 0 amide bonds. The second kappa shape index (κ2) is 3.04. The third-order valence-electron chi connectivity index (χ3n) is 4.60. The molecule has 2 aliphatic rings. The van der Waals surface area contributed by atoms with Crippen LogP contribution in [-0.4, -0.2) is 0 Å². The number of nitrogen functional groups attached to an aromatic ring is 1. The van der Waals surface area contributed by atoms with E-state index in [0.29, 0.717) is 5.92 Å². The Morgan fingerprint density at radius 1 is 1.12 bits per heavy atom. The van der Waals surface area contributed by atoms with Gasteiger partial charge in [-0.3, -0.25) is 0 Å². The van der Waals surface area contributed by atoms with Crippen LogP contribution in [0.3, 0.4) is 0 Å². The molecule has 17 heavy (non-hydrogen) atoms. The van der Waals surface area contributed by atoms with E-state index >= 15 is 0 Å². The summed E-state index contributed by atoms with van der Waals surface area (Å²) in [7, 11) is 0. The molecule has 0 aromatic heterocycles. The van der Waals surface area contributed by atoms with Gasteiger partial charge in [0.15, 0.2) is 0 Å². The van der Waals surface area contributed by atoms with Gasteiger partial charge in [-0.1, -0.05) is 57.2 Å². The second-order valence-corrected chi connectivity index (χ2v) is 6.00. The van der Waals surface area contributed by atoms with E-state index in [0.717, 1.165) is 5.69 Å². The Kier molecular flexibility index (Phi) is 1.90. The van der Waals surface area contributed by atoms with Crippen LogP contribution in [0, 0.1) is 5.92 Å². The summed E-state index contributed by atoms with van der Waals surface area (Å²) in [6.07, 6.45) is 8.98. The fourth-order valence-corrected chi connectivity index (χ4v) is 3.88. The number of allylic oxidation sites excluding steroid dienone is 4. The zero-order valence-electron chi connectivity index (χ0n) is 10.7. The van der Waals surface area contributed by atoms with Crippen molar-refractivity contribution in [2.75, 3.05) is 5.73 Å². The molecular weight excluding hydrogens is 206 g/mol. The average Bonchev–Trinajstić information content (AvgIpc) is 2.46. The van der Waals surface area contributed by atoms with Gasteiger partial charge in [-0.05, 0) is 28.5 Å². The van der Waals surface area contributed by atoms with Crippen molar-refractivity contribution >= 4 is 5.69 Å². The predicted octanol–water partition coefficient (Wildman–Crippen LogP) is 3.56. The van der Waals surface area contributed by atoms with Crippen molar-refractivity contribution in [3.63, 3.8) is 0 Å². The van der Waals surface area contributed by atoms with E-state index in [1.807, 2.05) is 6.07 Å². The van der Waals surface area contributed by atoms with Crippen molar-refractivity contribution in [1.29, 1.82) is 0 Å². The van der Waals surface area contributed by atoms with Gasteiger partial charge in [0, 0.05) is 11.1 Å². The van der Waals surface area contributed by atoms with Crippen LogP contribution in [0.1, 0.15) is 31.9 Å². The molecule has 0 radical (unpaired) electrons. The van der Waals surface area contributed by atoms with Gasteiger partial charge in [0.2, 0.25) is 0 Å². The lowest BCUT2D eigenvalue weighted by atomic mass is 9.67. The van der Waals surface area contributed by atoms with Crippen LogP contribution >= 0.6 is 0 Å². The molecule has 0 aliphatic heterocycles. The minimum atomic E-state index is 0.100. The highest BCUT2D eigenvalue weighted by atomic mass is 14.6. The molecule has 1 heteroatoms. The molecule has 1 aromatic rings. The van der Waals surface area contributed by atoms with Gasteiger partial charge >= 0.3 is 0 Å². The highest BCUT2D eigenvalue weighted by molar-refractivity contribution is 5.63. The summed E-state index contributed by atoms with van der Waals surface area (Å²) >= 11 is 0. The molecule has 0 spiro atoms. The van der Waals surface area contributed by atoms with E-state index in [9.17, 15) is 0 Å². The Hall–Kier alpha value is -1.50. The van der Waals surface area contributed by atoms with Crippen LogP contribution in [0.15, 0.2) is 42.5 Å². The summed E-state index contributed by atoms with van der Waals surface area (Å²) in [4.78, 5) is 0. The van der Waals surface area contributed by atoms with Crippen molar-refractivity contribution in [2.45, 2.75) is 31.6 Å². The summed E-state index contributed by atoms with van der Waals surface area (Å²) in [5.74, 6) is 0.500. The van der Waals surface area contributed by atoms with Crippen LogP contribution in [0.5, 0.6) is 0 Å².